The second-order valence-corrected chi connectivity index (χ2v) is 7.50. The first kappa shape index (κ1) is 18.9. The highest BCUT2D eigenvalue weighted by atomic mass is 32.2. The van der Waals surface area contributed by atoms with E-state index in [1.165, 1.54) is 10.8 Å². The molecule has 29 heavy (non-hydrogen) atoms. The SMILES string of the molecule is C#CCN1C(=O)S/C(=C\c2ccc(OCc3ccc4ccccc4c3)cc2)C1=O. The quantitative estimate of drug-likeness (QED) is 0.443. The van der Waals surface area contributed by atoms with E-state index in [2.05, 4.69) is 36.3 Å². The van der Waals surface area contributed by atoms with Crippen molar-refractivity contribution in [3.8, 4) is 18.1 Å². The molecule has 1 heterocycles. The summed E-state index contributed by atoms with van der Waals surface area (Å²) in [6.07, 6.45) is 6.90. The maximum atomic E-state index is 12.2. The molecule has 0 aliphatic carbocycles. The summed E-state index contributed by atoms with van der Waals surface area (Å²) in [5.74, 6) is 2.71. The van der Waals surface area contributed by atoms with Gasteiger partial charge in [0.25, 0.3) is 11.1 Å². The Labute approximate surface area is 173 Å². The lowest BCUT2D eigenvalue weighted by atomic mass is 10.1. The number of ether oxygens (including phenoxy) is 1. The lowest BCUT2D eigenvalue weighted by molar-refractivity contribution is -0.122. The molecular formula is C24H17NO3S. The van der Waals surface area contributed by atoms with Crippen LogP contribution in [0.25, 0.3) is 16.8 Å². The molecular weight excluding hydrogens is 382 g/mol. The number of carbonyl (C=O) groups is 2. The number of hydrogen-bond acceptors (Lipinski definition) is 4. The monoisotopic (exact) mass is 399 g/mol. The van der Waals surface area contributed by atoms with Gasteiger partial charge in [-0.2, -0.15) is 0 Å². The molecule has 0 atom stereocenters. The van der Waals surface area contributed by atoms with Crippen molar-refractivity contribution in [1.82, 2.24) is 4.90 Å². The third-order valence-electron chi connectivity index (χ3n) is 4.52. The molecule has 0 radical (unpaired) electrons. The number of imide groups is 1. The van der Waals surface area contributed by atoms with Crippen molar-refractivity contribution in [2.45, 2.75) is 6.61 Å². The number of benzene rings is 3. The Balaban J connectivity index is 1.42. The van der Waals surface area contributed by atoms with Gasteiger partial charge in [0.15, 0.2) is 0 Å². The first-order chi connectivity index (χ1) is 14.1. The zero-order valence-electron chi connectivity index (χ0n) is 15.5. The zero-order valence-corrected chi connectivity index (χ0v) is 16.3. The predicted octanol–water partition coefficient (Wildman–Crippen LogP) is 5.09. The lowest BCUT2D eigenvalue weighted by Crippen LogP contribution is -2.28. The fourth-order valence-corrected chi connectivity index (χ4v) is 3.87. The molecule has 4 rings (SSSR count). The van der Waals surface area contributed by atoms with E-state index >= 15 is 0 Å². The van der Waals surface area contributed by atoms with Crippen LogP contribution in [-0.4, -0.2) is 22.6 Å². The van der Waals surface area contributed by atoms with Gasteiger partial charge in [0, 0.05) is 0 Å². The van der Waals surface area contributed by atoms with Gasteiger partial charge in [-0.05, 0) is 57.9 Å². The minimum atomic E-state index is -0.352. The molecule has 4 nitrogen and oxygen atoms in total. The van der Waals surface area contributed by atoms with E-state index in [0.29, 0.717) is 11.5 Å². The van der Waals surface area contributed by atoms with E-state index in [1.54, 1.807) is 6.08 Å². The molecule has 0 spiro atoms. The minimum Gasteiger partial charge on any atom is -0.489 e. The average molecular weight is 399 g/mol. The second-order valence-electron chi connectivity index (χ2n) is 6.51. The van der Waals surface area contributed by atoms with Crippen molar-refractivity contribution in [3.63, 3.8) is 0 Å². The maximum Gasteiger partial charge on any atom is 0.294 e. The fraction of sp³-hybridized carbons (Fsp3) is 0.0833. The molecule has 0 N–H and O–H groups in total. The number of thioether (sulfide) groups is 1. The Morgan fingerprint density at radius 2 is 1.76 bits per heavy atom. The molecule has 1 aliphatic heterocycles. The number of terminal acetylenes is 1. The summed E-state index contributed by atoms with van der Waals surface area (Å²) in [6, 6.07) is 21.9. The first-order valence-electron chi connectivity index (χ1n) is 9.03. The van der Waals surface area contributed by atoms with Crippen LogP contribution in [-0.2, 0) is 11.4 Å². The van der Waals surface area contributed by atoms with Crippen molar-refractivity contribution in [3.05, 3.63) is 82.8 Å². The maximum absolute atomic E-state index is 12.2. The largest absolute Gasteiger partial charge is 0.489 e. The summed E-state index contributed by atoms with van der Waals surface area (Å²) in [6.45, 7) is 0.457. The van der Waals surface area contributed by atoms with Crippen LogP contribution >= 0.6 is 11.8 Å². The Kier molecular flexibility index (Phi) is 5.37. The van der Waals surface area contributed by atoms with E-state index < -0.39 is 0 Å². The summed E-state index contributed by atoms with van der Waals surface area (Å²) >= 11 is 0.901. The zero-order chi connectivity index (χ0) is 20.2. The van der Waals surface area contributed by atoms with Crippen LogP contribution in [0.2, 0.25) is 0 Å². The standard InChI is InChI=1S/C24H17NO3S/c1-2-13-25-23(26)22(29-24(25)27)15-17-8-11-21(12-9-17)28-16-18-7-10-19-5-3-4-6-20(19)14-18/h1,3-12,14-15H,13,16H2/b22-15-. The van der Waals surface area contributed by atoms with Crippen LogP contribution in [0, 0.1) is 12.3 Å². The van der Waals surface area contributed by atoms with Crippen molar-refractivity contribution >= 4 is 39.8 Å². The van der Waals surface area contributed by atoms with Gasteiger partial charge >= 0.3 is 0 Å². The van der Waals surface area contributed by atoms with Gasteiger partial charge in [-0.25, -0.2) is 0 Å². The van der Waals surface area contributed by atoms with Crippen molar-refractivity contribution in [2.75, 3.05) is 6.54 Å². The normalized spacial score (nSPS) is 15.1. The summed E-state index contributed by atoms with van der Waals surface area (Å²) in [4.78, 5) is 25.5. The molecule has 142 valence electrons. The van der Waals surface area contributed by atoms with Crippen LogP contribution in [0.1, 0.15) is 11.1 Å². The van der Waals surface area contributed by atoms with Crippen LogP contribution in [0.4, 0.5) is 4.79 Å². The molecule has 3 aromatic carbocycles. The van der Waals surface area contributed by atoms with E-state index in [9.17, 15) is 9.59 Å². The Morgan fingerprint density at radius 1 is 1.00 bits per heavy atom. The Morgan fingerprint density at radius 3 is 2.52 bits per heavy atom. The number of rotatable bonds is 5. The van der Waals surface area contributed by atoms with Crippen LogP contribution in [0.15, 0.2) is 71.6 Å². The van der Waals surface area contributed by atoms with E-state index in [0.717, 1.165) is 33.5 Å². The molecule has 1 fully saturated rings. The summed E-state index contributed by atoms with van der Waals surface area (Å²) < 4.78 is 5.88. The highest BCUT2D eigenvalue weighted by Gasteiger charge is 2.34. The number of hydrogen-bond donors (Lipinski definition) is 0. The van der Waals surface area contributed by atoms with Crippen LogP contribution in [0.5, 0.6) is 5.75 Å². The lowest BCUT2D eigenvalue weighted by Gasteiger charge is -2.08. The third kappa shape index (κ3) is 4.18. The molecule has 0 bridgehead atoms. The Bertz CT molecular complexity index is 1160. The highest BCUT2D eigenvalue weighted by molar-refractivity contribution is 8.18. The highest BCUT2D eigenvalue weighted by Crippen LogP contribution is 2.32. The molecule has 1 saturated heterocycles. The minimum absolute atomic E-state index is 0.0104. The molecule has 5 heteroatoms. The summed E-state index contributed by atoms with van der Waals surface area (Å²) in [7, 11) is 0. The second kappa shape index (κ2) is 8.26. The number of amides is 2. The molecule has 0 aromatic heterocycles. The van der Waals surface area contributed by atoms with Gasteiger partial charge in [-0.15, -0.1) is 6.42 Å². The van der Waals surface area contributed by atoms with Crippen LogP contribution < -0.4 is 4.74 Å². The van der Waals surface area contributed by atoms with E-state index in [4.69, 9.17) is 11.2 Å². The van der Waals surface area contributed by atoms with E-state index in [-0.39, 0.29) is 17.7 Å². The van der Waals surface area contributed by atoms with Crippen LogP contribution in [0.3, 0.4) is 0 Å². The van der Waals surface area contributed by atoms with Gasteiger partial charge < -0.3 is 4.74 Å². The topological polar surface area (TPSA) is 46.6 Å². The Hall–Kier alpha value is -3.49. The fourth-order valence-electron chi connectivity index (χ4n) is 3.03. The van der Waals surface area contributed by atoms with Gasteiger partial charge in [0.1, 0.15) is 12.4 Å². The number of nitrogens with zero attached hydrogens (tertiary/aromatic N) is 1. The molecule has 0 saturated carbocycles. The van der Waals surface area contributed by atoms with Gasteiger partial charge in [0.05, 0.1) is 11.4 Å². The van der Waals surface area contributed by atoms with Crippen molar-refractivity contribution < 1.29 is 14.3 Å². The number of carbonyl (C=O) groups excluding carboxylic acids is 2. The van der Waals surface area contributed by atoms with E-state index in [1.807, 2.05) is 36.4 Å². The average Bonchev–Trinajstić information content (AvgIpc) is 3.01. The van der Waals surface area contributed by atoms with Crippen molar-refractivity contribution in [1.29, 1.82) is 0 Å². The van der Waals surface area contributed by atoms with Crippen molar-refractivity contribution in [2.24, 2.45) is 0 Å². The first-order valence-corrected chi connectivity index (χ1v) is 9.85. The molecule has 1 aliphatic rings. The van der Waals surface area contributed by atoms with Gasteiger partial charge in [-0.3, -0.25) is 14.5 Å². The van der Waals surface area contributed by atoms with Gasteiger partial charge in [0.2, 0.25) is 0 Å². The predicted molar refractivity (Wildman–Crippen MR) is 116 cm³/mol. The summed E-state index contributed by atoms with van der Waals surface area (Å²) in [5.41, 5.74) is 1.91. The molecule has 2 amide bonds. The molecule has 0 unspecified atom stereocenters. The number of fused-ring (bicyclic) bond motifs is 1. The smallest absolute Gasteiger partial charge is 0.294 e. The van der Waals surface area contributed by atoms with Gasteiger partial charge in [-0.1, -0.05) is 54.5 Å². The third-order valence-corrected chi connectivity index (χ3v) is 5.43. The molecule has 3 aromatic rings. The summed E-state index contributed by atoms with van der Waals surface area (Å²) in [5, 5.41) is 2.05.